The number of carbonyl (C=O) groups is 2. The molecule has 1 rings (SSSR count). The lowest BCUT2D eigenvalue weighted by Gasteiger charge is -2.15. The number of esters is 1. The lowest BCUT2D eigenvalue weighted by Crippen LogP contribution is -2.42. The largest absolute Gasteiger partial charge is 0.467 e. The number of hydrogen-bond acceptors (Lipinski definition) is 5. The minimum atomic E-state index is -0.675. The number of amides is 1. The number of nitrogens with one attached hydrogen (secondary N) is 1. The number of thioether (sulfide) groups is 1. The highest BCUT2D eigenvalue weighted by Crippen LogP contribution is 2.09. The van der Waals surface area contributed by atoms with E-state index in [1.54, 1.807) is 17.8 Å². The number of rotatable bonds is 6. The molecule has 1 aromatic rings. The minimum Gasteiger partial charge on any atom is -0.467 e. The summed E-state index contributed by atoms with van der Waals surface area (Å²) in [7, 11) is 1.29. The van der Waals surface area contributed by atoms with Crippen molar-refractivity contribution in [3.05, 3.63) is 29.0 Å². The van der Waals surface area contributed by atoms with Crippen molar-refractivity contribution in [2.75, 3.05) is 19.1 Å². The molecular formula is C12H15ClN2O3S. The number of halogens is 1. The number of methoxy groups -OCH3 is 1. The van der Waals surface area contributed by atoms with Gasteiger partial charge in [-0.15, -0.1) is 0 Å². The van der Waals surface area contributed by atoms with Crippen molar-refractivity contribution in [1.29, 1.82) is 0 Å². The third-order valence-corrected chi connectivity index (χ3v) is 3.24. The van der Waals surface area contributed by atoms with Gasteiger partial charge < -0.3 is 10.1 Å². The number of pyridine rings is 1. The number of carbonyl (C=O) groups excluding carboxylic acids is 2. The average molecular weight is 303 g/mol. The van der Waals surface area contributed by atoms with Crippen molar-refractivity contribution >= 4 is 35.2 Å². The lowest BCUT2D eigenvalue weighted by molar-refractivity contribution is -0.142. The van der Waals surface area contributed by atoms with Gasteiger partial charge in [-0.2, -0.15) is 11.8 Å². The third kappa shape index (κ3) is 5.08. The van der Waals surface area contributed by atoms with Gasteiger partial charge in [-0.3, -0.25) is 9.78 Å². The summed E-state index contributed by atoms with van der Waals surface area (Å²) in [6.07, 6.45) is 3.86. The number of ether oxygens (including phenoxy) is 1. The van der Waals surface area contributed by atoms with Crippen LogP contribution in [0.4, 0.5) is 0 Å². The minimum absolute atomic E-state index is 0.172. The van der Waals surface area contributed by atoms with Crippen molar-refractivity contribution in [2.24, 2.45) is 0 Å². The van der Waals surface area contributed by atoms with E-state index in [4.69, 9.17) is 11.6 Å². The molecule has 0 aliphatic rings. The fourth-order valence-corrected chi connectivity index (χ4v) is 2.02. The van der Waals surface area contributed by atoms with Gasteiger partial charge in [-0.05, 0) is 30.6 Å². The summed E-state index contributed by atoms with van der Waals surface area (Å²) < 4.78 is 4.66. The number of hydrogen-bond donors (Lipinski definition) is 1. The highest BCUT2D eigenvalue weighted by Gasteiger charge is 2.22. The third-order valence-electron chi connectivity index (χ3n) is 2.36. The zero-order valence-corrected chi connectivity index (χ0v) is 12.3. The SMILES string of the molecule is COC(=O)[C@H](CCSC)NC(=O)c1cc(Cl)ccn1. The van der Waals surface area contributed by atoms with E-state index in [-0.39, 0.29) is 5.69 Å². The van der Waals surface area contributed by atoms with Crippen LogP contribution in [0.2, 0.25) is 5.02 Å². The van der Waals surface area contributed by atoms with Gasteiger partial charge in [0.05, 0.1) is 7.11 Å². The summed E-state index contributed by atoms with van der Waals surface area (Å²) in [5.41, 5.74) is 0.172. The first kappa shape index (κ1) is 15.8. The topological polar surface area (TPSA) is 68.3 Å². The Morgan fingerprint density at radius 2 is 2.32 bits per heavy atom. The molecule has 0 spiro atoms. The van der Waals surface area contributed by atoms with Gasteiger partial charge in [0.25, 0.3) is 5.91 Å². The summed E-state index contributed by atoms with van der Waals surface area (Å²) in [6, 6.07) is 2.34. The Hall–Kier alpha value is -1.27. The van der Waals surface area contributed by atoms with E-state index in [0.717, 1.165) is 5.75 Å². The molecule has 1 N–H and O–H groups in total. The Labute approximate surface area is 121 Å². The van der Waals surface area contributed by atoms with Crippen LogP contribution in [0.1, 0.15) is 16.9 Å². The van der Waals surface area contributed by atoms with Crippen LogP contribution in [0.3, 0.4) is 0 Å². The highest BCUT2D eigenvalue weighted by atomic mass is 35.5. The second-order valence-electron chi connectivity index (χ2n) is 3.69. The van der Waals surface area contributed by atoms with Gasteiger partial charge in [0.15, 0.2) is 0 Å². The van der Waals surface area contributed by atoms with Gasteiger partial charge in [-0.1, -0.05) is 11.6 Å². The Bertz CT molecular complexity index is 456. The summed E-state index contributed by atoms with van der Waals surface area (Å²) in [5.74, 6) is -0.174. The maximum atomic E-state index is 11.9. The Morgan fingerprint density at radius 3 is 2.89 bits per heavy atom. The van der Waals surface area contributed by atoms with Crippen LogP contribution < -0.4 is 5.32 Å². The molecule has 0 saturated heterocycles. The molecule has 0 bridgehead atoms. The lowest BCUT2D eigenvalue weighted by atomic mass is 10.2. The zero-order chi connectivity index (χ0) is 14.3. The first-order valence-corrected chi connectivity index (χ1v) is 7.35. The molecule has 0 radical (unpaired) electrons. The predicted molar refractivity (Wildman–Crippen MR) is 75.5 cm³/mol. The number of nitrogens with zero attached hydrogens (tertiary/aromatic N) is 1. The van der Waals surface area contributed by atoms with Gasteiger partial charge >= 0.3 is 5.97 Å². The molecule has 19 heavy (non-hydrogen) atoms. The fraction of sp³-hybridized carbons (Fsp3) is 0.417. The molecule has 7 heteroatoms. The number of aromatic nitrogens is 1. The van der Waals surface area contributed by atoms with E-state index in [0.29, 0.717) is 11.4 Å². The first-order chi connectivity index (χ1) is 9.08. The van der Waals surface area contributed by atoms with E-state index < -0.39 is 17.9 Å². The standard InChI is InChI=1S/C12H15ClN2O3S/c1-18-12(17)9(4-6-19-2)15-11(16)10-7-8(13)3-5-14-10/h3,5,7,9H,4,6H2,1-2H3,(H,15,16)/t9-/m0/s1. The van der Waals surface area contributed by atoms with E-state index >= 15 is 0 Å². The van der Waals surface area contributed by atoms with Gasteiger partial charge in [0, 0.05) is 11.2 Å². The van der Waals surface area contributed by atoms with E-state index in [1.165, 1.54) is 19.4 Å². The molecule has 0 aromatic carbocycles. The average Bonchev–Trinajstić information content (AvgIpc) is 2.42. The molecule has 0 saturated carbocycles. The second-order valence-corrected chi connectivity index (χ2v) is 5.11. The van der Waals surface area contributed by atoms with Crippen LogP contribution in [0, 0.1) is 0 Å². The molecule has 1 heterocycles. The van der Waals surface area contributed by atoms with Crippen LogP contribution in [-0.4, -0.2) is 42.0 Å². The second kappa shape index (κ2) is 8.01. The van der Waals surface area contributed by atoms with Crippen LogP contribution in [0.5, 0.6) is 0 Å². The van der Waals surface area contributed by atoms with E-state index in [1.807, 2.05) is 6.26 Å². The molecule has 1 aromatic heterocycles. The Kier molecular flexibility index (Phi) is 6.66. The van der Waals surface area contributed by atoms with Gasteiger partial charge in [-0.25, -0.2) is 4.79 Å². The van der Waals surface area contributed by atoms with Crippen LogP contribution in [0.15, 0.2) is 18.3 Å². The van der Waals surface area contributed by atoms with Gasteiger partial charge in [0.1, 0.15) is 11.7 Å². The van der Waals surface area contributed by atoms with Crippen LogP contribution >= 0.6 is 23.4 Å². The van der Waals surface area contributed by atoms with Crippen molar-refractivity contribution in [2.45, 2.75) is 12.5 Å². The quantitative estimate of drug-likeness (QED) is 0.811. The van der Waals surface area contributed by atoms with Crippen molar-refractivity contribution in [1.82, 2.24) is 10.3 Å². The Balaban J connectivity index is 2.72. The molecule has 0 aliphatic heterocycles. The molecule has 0 unspecified atom stereocenters. The predicted octanol–water partition coefficient (Wildman–Crippen LogP) is 1.76. The Morgan fingerprint density at radius 1 is 1.58 bits per heavy atom. The van der Waals surface area contributed by atoms with E-state index in [2.05, 4.69) is 15.0 Å². The maximum absolute atomic E-state index is 11.9. The van der Waals surface area contributed by atoms with Gasteiger partial charge in [0.2, 0.25) is 0 Å². The van der Waals surface area contributed by atoms with Crippen LogP contribution in [0.25, 0.3) is 0 Å². The monoisotopic (exact) mass is 302 g/mol. The smallest absolute Gasteiger partial charge is 0.328 e. The summed E-state index contributed by atoms with van der Waals surface area (Å²) in [5, 5.41) is 3.01. The van der Waals surface area contributed by atoms with E-state index in [9.17, 15) is 9.59 Å². The summed E-state index contributed by atoms with van der Waals surface area (Å²) in [6.45, 7) is 0. The summed E-state index contributed by atoms with van der Waals surface area (Å²) >= 11 is 7.37. The molecule has 0 aliphatic carbocycles. The molecule has 1 amide bonds. The normalized spacial score (nSPS) is 11.7. The fourth-order valence-electron chi connectivity index (χ4n) is 1.39. The first-order valence-electron chi connectivity index (χ1n) is 5.57. The highest BCUT2D eigenvalue weighted by molar-refractivity contribution is 7.98. The molecule has 1 atom stereocenters. The molecule has 0 fully saturated rings. The maximum Gasteiger partial charge on any atom is 0.328 e. The van der Waals surface area contributed by atoms with Crippen molar-refractivity contribution in [3.63, 3.8) is 0 Å². The molecule has 5 nitrogen and oxygen atoms in total. The molecule has 104 valence electrons. The summed E-state index contributed by atoms with van der Waals surface area (Å²) in [4.78, 5) is 27.4. The molecular weight excluding hydrogens is 288 g/mol. The van der Waals surface area contributed by atoms with Crippen LogP contribution in [-0.2, 0) is 9.53 Å². The zero-order valence-electron chi connectivity index (χ0n) is 10.7. The van der Waals surface area contributed by atoms with Crippen molar-refractivity contribution in [3.8, 4) is 0 Å². The van der Waals surface area contributed by atoms with Crippen molar-refractivity contribution < 1.29 is 14.3 Å².